The first kappa shape index (κ1) is 12.4. The third-order valence-electron chi connectivity index (χ3n) is 0.393. The van der Waals surface area contributed by atoms with E-state index >= 15 is 0 Å². The topological polar surface area (TPSA) is 71.4 Å². The fraction of sp³-hybridized carbons (Fsp3) is 0.750. The summed E-state index contributed by atoms with van der Waals surface area (Å²) in [7, 11) is -2.10. The van der Waals surface area contributed by atoms with E-state index in [1.54, 1.807) is 6.92 Å². The van der Waals surface area contributed by atoms with Crippen molar-refractivity contribution in [3.63, 3.8) is 0 Å². The van der Waals surface area contributed by atoms with Gasteiger partial charge in [-0.05, 0) is 0 Å². The Bertz CT molecular complexity index is 143. The smallest absolute Gasteiger partial charge is 0.313 e. The van der Waals surface area contributed by atoms with E-state index in [0.717, 1.165) is 0 Å². The molecule has 0 rings (SSSR count). The van der Waals surface area contributed by atoms with Crippen LogP contribution in [0.25, 0.3) is 0 Å². The fourth-order valence-corrected chi connectivity index (χ4v) is 0. The average Bonchev–Trinajstić information content (AvgIpc) is 1.89. The van der Waals surface area contributed by atoms with Crippen molar-refractivity contribution in [3.05, 3.63) is 0 Å². The number of aliphatic carboxylic acids is 1. The average molecular weight is 186 g/mol. The second-order valence-electron chi connectivity index (χ2n) is 1.20. The molecule has 0 atom stereocenters. The van der Waals surface area contributed by atoms with Crippen LogP contribution in [0.4, 0.5) is 0 Å². The Morgan fingerprint density at radius 2 is 1.80 bits per heavy atom. The molecule has 0 aromatic carbocycles. The molecule has 0 aliphatic carbocycles. The van der Waals surface area contributed by atoms with Crippen LogP contribution in [0.3, 0.4) is 0 Å². The standard InChI is InChI=1S/C2H6O2S.C2H4O2S/c1-2-5(3)4;3-2(4)1-5/h5H,2H2,1H3;5H,1H2,(H,3,4). The fourth-order valence-electron chi connectivity index (χ4n) is 0. The maximum atomic E-state index is 9.41. The summed E-state index contributed by atoms with van der Waals surface area (Å²) in [6.45, 7) is 1.60. The lowest BCUT2D eigenvalue weighted by Gasteiger charge is -1.71. The maximum absolute atomic E-state index is 9.41. The van der Waals surface area contributed by atoms with Crippen molar-refractivity contribution >= 4 is 29.3 Å². The summed E-state index contributed by atoms with van der Waals surface area (Å²) in [5, 5.41) is 7.65. The molecule has 0 spiro atoms. The molecule has 4 nitrogen and oxygen atoms in total. The van der Waals surface area contributed by atoms with E-state index in [4.69, 9.17) is 5.11 Å². The number of carbonyl (C=O) groups is 1. The van der Waals surface area contributed by atoms with E-state index < -0.39 is 16.7 Å². The highest BCUT2D eigenvalue weighted by molar-refractivity contribution is 7.81. The lowest BCUT2D eigenvalue weighted by molar-refractivity contribution is -0.133. The van der Waals surface area contributed by atoms with Crippen molar-refractivity contribution in [3.8, 4) is 0 Å². The van der Waals surface area contributed by atoms with E-state index in [1.165, 1.54) is 0 Å². The van der Waals surface area contributed by atoms with Gasteiger partial charge in [0.1, 0.15) is 10.7 Å². The van der Waals surface area contributed by atoms with Crippen LogP contribution in [0, 0.1) is 0 Å². The molecule has 6 heteroatoms. The minimum atomic E-state index is -2.10. The SMILES string of the molecule is CC[SH](=O)=O.O=C(O)CS. The van der Waals surface area contributed by atoms with Crippen molar-refractivity contribution in [2.75, 3.05) is 11.5 Å². The van der Waals surface area contributed by atoms with Gasteiger partial charge in [0.2, 0.25) is 0 Å². The third-order valence-corrected chi connectivity index (χ3v) is 1.18. The summed E-state index contributed by atoms with van der Waals surface area (Å²) < 4.78 is 18.8. The zero-order valence-corrected chi connectivity index (χ0v) is 7.27. The molecule has 0 saturated heterocycles. The molecule has 0 heterocycles. The first-order valence-corrected chi connectivity index (χ1v) is 4.48. The molecular formula is C4H10O4S2. The summed E-state index contributed by atoms with van der Waals surface area (Å²) in [5.74, 6) is -0.705. The van der Waals surface area contributed by atoms with Crippen LogP contribution in [0.5, 0.6) is 0 Å². The van der Waals surface area contributed by atoms with E-state index in [0.29, 0.717) is 0 Å². The Balaban J connectivity index is 0. The quantitative estimate of drug-likeness (QED) is 0.514. The minimum absolute atomic E-state index is 0.0833. The van der Waals surface area contributed by atoms with Gasteiger partial charge in [-0.1, -0.05) is 6.92 Å². The molecule has 0 amide bonds. The van der Waals surface area contributed by atoms with Gasteiger partial charge in [-0.15, -0.1) is 0 Å². The zero-order chi connectivity index (χ0) is 8.57. The monoisotopic (exact) mass is 186 g/mol. The van der Waals surface area contributed by atoms with Crippen LogP contribution >= 0.6 is 12.6 Å². The van der Waals surface area contributed by atoms with Crippen LogP contribution in [-0.2, 0) is 15.5 Å². The van der Waals surface area contributed by atoms with E-state index in [9.17, 15) is 13.2 Å². The Kier molecular flexibility index (Phi) is 10.9. The predicted molar refractivity (Wildman–Crippen MR) is 42.3 cm³/mol. The van der Waals surface area contributed by atoms with Gasteiger partial charge in [0.05, 0.1) is 5.75 Å². The second-order valence-corrected chi connectivity index (χ2v) is 2.81. The van der Waals surface area contributed by atoms with Crippen LogP contribution in [0.1, 0.15) is 6.92 Å². The molecule has 0 aromatic rings. The lowest BCUT2D eigenvalue weighted by atomic mass is 10.8. The molecule has 1 N–H and O–H groups in total. The number of carboxylic acid groups (broad SMARTS) is 1. The molecular weight excluding hydrogens is 176 g/mol. The second kappa shape index (κ2) is 8.77. The first-order valence-electron chi connectivity index (χ1n) is 2.49. The van der Waals surface area contributed by atoms with E-state index in [1.807, 2.05) is 0 Å². The molecule has 0 fully saturated rings. The Hall–Kier alpha value is -0.230. The van der Waals surface area contributed by atoms with Gasteiger partial charge < -0.3 is 5.11 Å². The highest BCUT2D eigenvalue weighted by Crippen LogP contribution is 1.66. The van der Waals surface area contributed by atoms with Crippen molar-refractivity contribution in [1.82, 2.24) is 0 Å². The maximum Gasteiger partial charge on any atom is 0.313 e. The van der Waals surface area contributed by atoms with Crippen molar-refractivity contribution in [1.29, 1.82) is 0 Å². The minimum Gasteiger partial charge on any atom is -0.481 e. The molecule has 0 radical (unpaired) electrons. The molecule has 62 valence electrons. The number of hydrogen-bond donors (Lipinski definition) is 3. The van der Waals surface area contributed by atoms with Crippen molar-refractivity contribution in [2.24, 2.45) is 0 Å². The van der Waals surface area contributed by atoms with Crippen molar-refractivity contribution in [2.45, 2.75) is 6.92 Å². The summed E-state index contributed by atoms with van der Waals surface area (Å²) >= 11 is 3.42. The van der Waals surface area contributed by atoms with E-state index in [-0.39, 0.29) is 11.5 Å². The predicted octanol–water partition coefficient (Wildman–Crippen LogP) is -0.381. The number of carboxylic acids is 1. The highest BCUT2D eigenvalue weighted by atomic mass is 32.2. The molecule has 0 unspecified atom stereocenters. The Morgan fingerprint density at radius 3 is 1.80 bits per heavy atom. The summed E-state index contributed by atoms with van der Waals surface area (Å²) in [6.07, 6.45) is 0. The lowest BCUT2D eigenvalue weighted by Crippen LogP contribution is -1.92. The zero-order valence-electron chi connectivity index (χ0n) is 5.48. The van der Waals surface area contributed by atoms with Gasteiger partial charge >= 0.3 is 5.97 Å². The van der Waals surface area contributed by atoms with Gasteiger partial charge in [0, 0.05) is 5.75 Å². The molecule has 0 saturated carbocycles. The van der Waals surface area contributed by atoms with Crippen LogP contribution < -0.4 is 0 Å². The van der Waals surface area contributed by atoms with Crippen LogP contribution in [0.2, 0.25) is 0 Å². The van der Waals surface area contributed by atoms with Crippen LogP contribution in [-0.4, -0.2) is 31.0 Å². The summed E-state index contributed by atoms with van der Waals surface area (Å²) in [4.78, 5) is 9.29. The van der Waals surface area contributed by atoms with Gasteiger partial charge in [-0.2, -0.15) is 12.6 Å². The summed E-state index contributed by atoms with van der Waals surface area (Å²) in [6, 6.07) is 0. The van der Waals surface area contributed by atoms with Gasteiger partial charge in [0.15, 0.2) is 0 Å². The van der Waals surface area contributed by atoms with Gasteiger partial charge in [-0.25, -0.2) is 8.42 Å². The first-order chi connectivity index (χ1) is 4.54. The highest BCUT2D eigenvalue weighted by Gasteiger charge is 1.81. The molecule has 0 aliphatic rings. The third kappa shape index (κ3) is 25.1. The molecule has 10 heavy (non-hydrogen) atoms. The largest absolute Gasteiger partial charge is 0.481 e. The molecule has 0 aromatic heterocycles. The summed E-state index contributed by atoms with van der Waals surface area (Å²) in [5.41, 5.74) is 0. The Morgan fingerprint density at radius 1 is 1.60 bits per heavy atom. The Labute approximate surface area is 66.6 Å². The normalized spacial score (nSPS) is 8.30. The van der Waals surface area contributed by atoms with Gasteiger partial charge in [0.25, 0.3) is 0 Å². The van der Waals surface area contributed by atoms with Gasteiger partial charge in [-0.3, -0.25) is 4.79 Å². The van der Waals surface area contributed by atoms with Crippen LogP contribution in [0.15, 0.2) is 0 Å². The number of hydrogen-bond acceptors (Lipinski definition) is 4. The van der Waals surface area contributed by atoms with E-state index in [2.05, 4.69) is 12.6 Å². The molecule has 0 aliphatic heterocycles. The number of thiol groups is 2. The van der Waals surface area contributed by atoms with Crippen molar-refractivity contribution < 1.29 is 18.3 Å². The number of rotatable bonds is 2. The molecule has 0 bridgehead atoms.